The minimum atomic E-state index is 0.227. The summed E-state index contributed by atoms with van der Waals surface area (Å²) in [6.45, 7) is 5.12. The van der Waals surface area contributed by atoms with Crippen molar-refractivity contribution in [1.29, 1.82) is 0 Å². The molecule has 2 aromatic heterocycles. The molecule has 0 aliphatic rings. The highest BCUT2D eigenvalue weighted by Gasteiger charge is 2.10. The van der Waals surface area contributed by atoms with Crippen molar-refractivity contribution in [3.63, 3.8) is 0 Å². The molecule has 16 heavy (non-hydrogen) atoms. The Kier molecular flexibility index (Phi) is 3.51. The molecule has 0 bridgehead atoms. The molecule has 3 nitrogen and oxygen atoms in total. The second-order valence-corrected chi connectivity index (χ2v) is 5.29. The first-order chi connectivity index (χ1) is 7.70. The Bertz CT molecular complexity index is 463. The Labute approximate surface area is 104 Å². The third kappa shape index (κ3) is 2.39. The molecule has 2 rings (SSSR count). The lowest BCUT2D eigenvalue weighted by Crippen LogP contribution is -2.10. The molecule has 0 fully saturated rings. The zero-order valence-corrected chi connectivity index (χ0v) is 10.8. The molecule has 2 heterocycles. The summed E-state index contributed by atoms with van der Waals surface area (Å²) in [5.74, 6) is 0.902. The Morgan fingerprint density at radius 1 is 1.56 bits per heavy atom. The highest BCUT2D eigenvalue weighted by molar-refractivity contribution is 7.16. The summed E-state index contributed by atoms with van der Waals surface area (Å²) in [5.41, 5.74) is 0. The average Bonchev–Trinajstić information content (AvgIpc) is 2.86. The normalized spacial score (nSPS) is 12.7. The van der Waals surface area contributed by atoms with Crippen LogP contribution in [0.4, 0.5) is 5.95 Å². The molecule has 2 aromatic rings. The summed E-state index contributed by atoms with van der Waals surface area (Å²) < 4.78 is 2.90. The topological polar surface area (TPSA) is 29.9 Å². The molecule has 0 aromatic carbocycles. The van der Waals surface area contributed by atoms with Crippen molar-refractivity contribution < 1.29 is 0 Å². The second kappa shape index (κ2) is 4.89. The van der Waals surface area contributed by atoms with Crippen LogP contribution in [0.2, 0.25) is 4.34 Å². The maximum absolute atomic E-state index is 5.91. The van der Waals surface area contributed by atoms with Gasteiger partial charge in [-0.1, -0.05) is 11.6 Å². The number of thiophene rings is 1. The number of nitrogens with zero attached hydrogens (tertiary/aromatic N) is 2. The summed E-state index contributed by atoms with van der Waals surface area (Å²) in [6.07, 6.45) is 3.77. The standard InChI is InChI=1S/C11H14ClN3S/c1-3-15-7-6-13-11(15)14-8(2)9-4-5-10(12)16-9/h4-8H,3H2,1-2H3,(H,13,14). The smallest absolute Gasteiger partial charge is 0.203 e. The van der Waals surface area contributed by atoms with Gasteiger partial charge in [0.05, 0.1) is 10.4 Å². The first-order valence-corrected chi connectivity index (χ1v) is 6.43. The van der Waals surface area contributed by atoms with Crippen molar-refractivity contribution in [3.8, 4) is 0 Å². The fourth-order valence-corrected chi connectivity index (χ4v) is 2.59. The van der Waals surface area contributed by atoms with E-state index in [1.54, 1.807) is 17.5 Å². The van der Waals surface area contributed by atoms with Crippen LogP contribution in [-0.2, 0) is 6.54 Å². The summed E-state index contributed by atoms with van der Waals surface area (Å²) in [5, 5.41) is 3.37. The van der Waals surface area contributed by atoms with E-state index in [0.29, 0.717) is 0 Å². The van der Waals surface area contributed by atoms with Gasteiger partial charge in [-0.3, -0.25) is 0 Å². The van der Waals surface area contributed by atoms with Gasteiger partial charge in [-0.25, -0.2) is 4.98 Å². The lowest BCUT2D eigenvalue weighted by Gasteiger charge is -2.13. The molecule has 0 saturated heterocycles. The zero-order valence-electron chi connectivity index (χ0n) is 9.27. The SMILES string of the molecule is CCn1ccnc1NC(C)c1ccc(Cl)s1. The van der Waals surface area contributed by atoms with Crippen LogP contribution in [0.15, 0.2) is 24.5 Å². The predicted molar refractivity (Wildman–Crippen MR) is 69.3 cm³/mol. The number of rotatable bonds is 4. The Hall–Kier alpha value is -1.000. The minimum absolute atomic E-state index is 0.227. The largest absolute Gasteiger partial charge is 0.348 e. The van der Waals surface area contributed by atoms with Gasteiger partial charge in [0.1, 0.15) is 0 Å². The summed E-state index contributed by atoms with van der Waals surface area (Å²) in [4.78, 5) is 5.50. The number of hydrogen-bond donors (Lipinski definition) is 1. The van der Waals surface area contributed by atoms with Crippen LogP contribution in [0.3, 0.4) is 0 Å². The van der Waals surface area contributed by atoms with Gasteiger partial charge in [0.25, 0.3) is 0 Å². The Balaban J connectivity index is 2.10. The van der Waals surface area contributed by atoms with Crippen molar-refractivity contribution in [2.24, 2.45) is 0 Å². The van der Waals surface area contributed by atoms with Crippen LogP contribution in [0.1, 0.15) is 24.8 Å². The van der Waals surface area contributed by atoms with E-state index in [2.05, 4.69) is 28.7 Å². The van der Waals surface area contributed by atoms with E-state index in [1.807, 2.05) is 18.3 Å². The molecule has 0 saturated carbocycles. The van der Waals surface area contributed by atoms with Gasteiger partial charge < -0.3 is 9.88 Å². The van der Waals surface area contributed by atoms with Gasteiger partial charge in [-0.2, -0.15) is 0 Å². The van der Waals surface area contributed by atoms with E-state index in [1.165, 1.54) is 4.88 Å². The third-order valence-corrected chi connectivity index (χ3v) is 3.84. The monoisotopic (exact) mass is 255 g/mol. The number of imidazole rings is 1. The fourth-order valence-electron chi connectivity index (χ4n) is 1.53. The van der Waals surface area contributed by atoms with Gasteiger partial charge in [-0.15, -0.1) is 11.3 Å². The average molecular weight is 256 g/mol. The number of aryl methyl sites for hydroxylation is 1. The highest BCUT2D eigenvalue weighted by Crippen LogP contribution is 2.28. The zero-order chi connectivity index (χ0) is 11.5. The molecule has 86 valence electrons. The van der Waals surface area contributed by atoms with Crippen molar-refractivity contribution in [2.45, 2.75) is 26.4 Å². The summed E-state index contributed by atoms with van der Waals surface area (Å²) in [6, 6.07) is 4.20. The molecule has 5 heteroatoms. The van der Waals surface area contributed by atoms with Crippen LogP contribution in [-0.4, -0.2) is 9.55 Å². The number of aromatic nitrogens is 2. The van der Waals surface area contributed by atoms with Gasteiger partial charge in [0.2, 0.25) is 5.95 Å². The Morgan fingerprint density at radius 3 is 3.00 bits per heavy atom. The lowest BCUT2D eigenvalue weighted by atomic mass is 10.3. The minimum Gasteiger partial charge on any atom is -0.348 e. The van der Waals surface area contributed by atoms with Gasteiger partial charge in [0.15, 0.2) is 0 Å². The predicted octanol–water partition coefficient (Wildman–Crippen LogP) is 3.79. The van der Waals surface area contributed by atoms with E-state index in [4.69, 9.17) is 11.6 Å². The van der Waals surface area contributed by atoms with Crippen molar-refractivity contribution >= 4 is 28.9 Å². The number of halogens is 1. The van der Waals surface area contributed by atoms with Crippen LogP contribution < -0.4 is 5.32 Å². The number of hydrogen-bond acceptors (Lipinski definition) is 3. The van der Waals surface area contributed by atoms with E-state index >= 15 is 0 Å². The quantitative estimate of drug-likeness (QED) is 0.901. The highest BCUT2D eigenvalue weighted by atomic mass is 35.5. The van der Waals surface area contributed by atoms with Crippen molar-refractivity contribution in [2.75, 3.05) is 5.32 Å². The van der Waals surface area contributed by atoms with Crippen LogP contribution >= 0.6 is 22.9 Å². The molecule has 0 spiro atoms. The molecule has 1 unspecified atom stereocenters. The van der Waals surface area contributed by atoms with E-state index in [9.17, 15) is 0 Å². The second-order valence-electron chi connectivity index (χ2n) is 3.54. The molecular weight excluding hydrogens is 242 g/mol. The first-order valence-electron chi connectivity index (χ1n) is 5.23. The maximum atomic E-state index is 5.91. The molecule has 0 amide bonds. The fraction of sp³-hybridized carbons (Fsp3) is 0.364. The van der Waals surface area contributed by atoms with Crippen LogP contribution in [0, 0.1) is 0 Å². The first kappa shape index (κ1) is 11.5. The lowest BCUT2D eigenvalue weighted by molar-refractivity contribution is 0.747. The van der Waals surface area contributed by atoms with Crippen LogP contribution in [0.5, 0.6) is 0 Å². The number of nitrogens with one attached hydrogen (secondary N) is 1. The Morgan fingerprint density at radius 2 is 2.38 bits per heavy atom. The number of anilines is 1. The van der Waals surface area contributed by atoms with Crippen molar-refractivity contribution in [1.82, 2.24) is 9.55 Å². The van der Waals surface area contributed by atoms with E-state index in [-0.39, 0.29) is 6.04 Å². The summed E-state index contributed by atoms with van der Waals surface area (Å²) in [7, 11) is 0. The van der Waals surface area contributed by atoms with Gasteiger partial charge in [0, 0.05) is 23.8 Å². The van der Waals surface area contributed by atoms with Crippen LogP contribution in [0.25, 0.3) is 0 Å². The van der Waals surface area contributed by atoms with Crippen molar-refractivity contribution in [3.05, 3.63) is 33.7 Å². The molecular formula is C11H14ClN3S. The van der Waals surface area contributed by atoms with E-state index in [0.717, 1.165) is 16.8 Å². The molecule has 1 atom stereocenters. The maximum Gasteiger partial charge on any atom is 0.203 e. The molecule has 0 aliphatic carbocycles. The molecule has 1 N–H and O–H groups in total. The third-order valence-electron chi connectivity index (χ3n) is 2.42. The molecule has 0 aliphatic heterocycles. The van der Waals surface area contributed by atoms with Gasteiger partial charge in [-0.05, 0) is 26.0 Å². The van der Waals surface area contributed by atoms with E-state index < -0.39 is 0 Å². The van der Waals surface area contributed by atoms with Gasteiger partial charge >= 0.3 is 0 Å². The summed E-state index contributed by atoms with van der Waals surface area (Å²) >= 11 is 7.51. The molecule has 0 radical (unpaired) electrons.